The zero-order chi connectivity index (χ0) is 11.3. The highest BCUT2D eigenvalue weighted by Gasteiger charge is 2.32. The highest BCUT2D eigenvalue weighted by atomic mass is 16.1. The Morgan fingerprint density at radius 1 is 1.06 bits per heavy atom. The van der Waals surface area contributed by atoms with Crippen LogP contribution in [0.5, 0.6) is 0 Å². The number of rotatable bonds is 0. The summed E-state index contributed by atoms with van der Waals surface area (Å²) in [5, 5.41) is 0. The van der Waals surface area contributed by atoms with Crippen LogP contribution in [0, 0.1) is 6.92 Å². The maximum Gasteiger partial charge on any atom is 0.214 e. The Labute approximate surface area is 91.3 Å². The maximum atomic E-state index is 12.0. The van der Waals surface area contributed by atoms with Crippen molar-refractivity contribution in [2.24, 2.45) is 0 Å². The highest BCUT2D eigenvalue weighted by Crippen LogP contribution is 2.25. The van der Waals surface area contributed by atoms with E-state index in [0.29, 0.717) is 22.6 Å². The second-order valence-electron chi connectivity index (χ2n) is 3.75. The van der Waals surface area contributed by atoms with Crippen LogP contribution < -0.4 is 0 Å². The molecule has 1 N–H and O–H groups in total. The normalized spacial score (nSPS) is 13.6. The summed E-state index contributed by atoms with van der Waals surface area (Å²) < 4.78 is 0. The Hall–Kier alpha value is -2.23. The van der Waals surface area contributed by atoms with Gasteiger partial charge < -0.3 is 4.98 Å². The first-order chi connectivity index (χ1) is 7.68. The van der Waals surface area contributed by atoms with Crippen molar-refractivity contribution >= 4 is 11.6 Å². The molecule has 4 heteroatoms. The van der Waals surface area contributed by atoms with Crippen molar-refractivity contribution in [3.8, 4) is 0 Å². The molecule has 0 saturated carbocycles. The molecule has 0 atom stereocenters. The van der Waals surface area contributed by atoms with E-state index in [1.807, 2.05) is 0 Å². The molecule has 3 rings (SSSR count). The number of benzene rings is 1. The lowest BCUT2D eigenvalue weighted by atomic mass is 9.90. The molecule has 0 aliphatic heterocycles. The molecule has 0 radical (unpaired) electrons. The number of aryl methyl sites for hydroxylation is 1. The summed E-state index contributed by atoms with van der Waals surface area (Å²) in [6.45, 7) is 1.73. The van der Waals surface area contributed by atoms with E-state index in [-0.39, 0.29) is 17.3 Å². The Kier molecular flexibility index (Phi) is 1.63. The summed E-state index contributed by atoms with van der Waals surface area (Å²) in [7, 11) is 0. The lowest BCUT2D eigenvalue weighted by Gasteiger charge is -2.11. The van der Waals surface area contributed by atoms with Gasteiger partial charge in [-0.05, 0) is 6.92 Å². The predicted octanol–water partition coefficient (Wildman–Crippen LogP) is 1.49. The van der Waals surface area contributed by atoms with Crippen molar-refractivity contribution in [1.29, 1.82) is 0 Å². The van der Waals surface area contributed by atoms with Crippen LogP contribution in [0.3, 0.4) is 0 Å². The first-order valence-electron chi connectivity index (χ1n) is 4.93. The Morgan fingerprint density at radius 2 is 1.69 bits per heavy atom. The number of carbonyl (C=O) groups is 2. The molecule has 0 fully saturated rings. The van der Waals surface area contributed by atoms with Gasteiger partial charge in [-0.2, -0.15) is 0 Å². The fraction of sp³-hybridized carbons (Fsp3) is 0.0833. The molecule has 0 amide bonds. The number of ketones is 2. The van der Waals surface area contributed by atoms with Gasteiger partial charge in [-0.15, -0.1) is 0 Å². The first kappa shape index (κ1) is 9.03. The maximum absolute atomic E-state index is 12.0. The third-order valence-corrected chi connectivity index (χ3v) is 2.68. The van der Waals surface area contributed by atoms with E-state index >= 15 is 0 Å². The lowest BCUT2D eigenvalue weighted by molar-refractivity contribution is 0.0974. The Balaban J connectivity index is 2.34. The number of aromatic nitrogens is 2. The molecule has 78 valence electrons. The second-order valence-corrected chi connectivity index (χ2v) is 3.75. The average Bonchev–Trinajstić information content (AvgIpc) is 2.68. The molecule has 16 heavy (non-hydrogen) atoms. The van der Waals surface area contributed by atoms with Crippen LogP contribution in [0.2, 0.25) is 0 Å². The van der Waals surface area contributed by atoms with Gasteiger partial charge in [0.1, 0.15) is 17.2 Å². The number of H-pyrrole nitrogens is 1. The van der Waals surface area contributed by atoms with E-state index in [4.69, 9.17) is 0 Å². The van der Waals surface area contributed by atoms with Gasteiger partial charge in [0, 0.05) is 11.1 Å². The van der Waals surface area contributed by atoms with Gasteiger partial charge in [0.2, 0.25) is 11.6 Å². The molecule has 1 aliphatic rings. The van der Waals surface area contributed by atoms with Gasteiger partial charge in [0.15, 0.2) is 0 Å². The quantitative estimate of drug-likeness (QED) is 0.614. The van der Waals surface area contributed by atoms with Gasteiger partial charge in [-0.25, -0.2) is 4.98 Å². The molecular weight excluding hydrogens is 204 g/mol. The number of fused-ring (bicyclic) bond motifs is 2. The van der Waals surface area contributed by atoms with Crippen molar-refractivity contribution in [3.05, 3.63) is 52.6 Å². The standard InChI is InChI=1S/C12H8N2O2/c1-6-13-9-10(14-6)12(16)8-5-3-2-4-7(8)11(9)15/h2-5H,1H3,(H,13,14). The molecule has 0 saturated heterocycles. The second kappa shape index (κ2) is 2.88. The topological polar surface area (TPSA) is 62.8 Å². The first-order valence-corrected chi connectivity index (χ1v) is 4.93. The van der Waals surface area contributed by atoms with Crippen molar-refractivity contribution in [1.82, 2.24) is 9.97 Å². The largest absolute Gasteiger partial charge is 0.339 e. The van der Waals surface area contributed by atoms with Crippen LogP contribution in [-0.2, 0) is 0 Å². The highest BCUT2D eigenvalue weighted by molar-refractivity contribution is 6.26. The molecular formula is C12H8N2O2. The lowest BCUT2D eigenvalue weighted by Crippen LogP contribution is -2.20. The SMILES string of the molecule is Cc1nc2c([nH]1)C(=O)c1ccccc1C2=O. The van der Waals surface area contributed by atoms with E-state index in [0.717, 1.165) is 0 Å². The summed E-state index contributed by atoms with van der Waals surface area (Å²) in [6, 6.07) is 6.81. The zero-order valence-corrected chi connectivity index (χ0v) is 8.57. The smallest absolute Gasteiger partial charge is 0.214 e. The van der Waals surface area contributed by atoms with E-state index in [2.05, 4.69) is 9.97 Å². The van der Waals surface area contributed by atoms with Gasteiger partial charge >= 0.3 is 0 Å². The minimum Gasteiger partial charge on any atom is -0.339 e. The summed E-state index contributed by atoms with van der Waals surface area (Å²) >= 11 is 0. The number of nitrogens with zero attached hydrogens (tertiary/aromatic N) is 1. The number of nitrogens with one attached hydrogen (secondary N) is 1. The van der Waals surface area contributed by atoms with Crippen molar-refractivity contribution < 1.29 is 9.59 Å². The van der Waals surface area contributed by atoms with Crippen LogP contribution in [-0.4, -0.2) is 21.5 Å². The van der Waals surface area contributed by atoms with E-state index in [1.165, 1.54) is 0 Å². The van der Waals surface area contributed by atoms with E-state index in [1.54, 1.807) is 31.2 Å². The molecule has 1 heterocycles. The van der Waals surface area contributed by atoms with Gasteiger partial charge in [0.25, 0.3) is 0 Å². The molecule has 2 aromatic rings. The van der Waals surface area contributed by atoms with Crippen LogP contribution in [0.4, 0.5) is 0 Å². The van der Waals surface area contributed by atoms with E-state index in [9.17, 15) is 9.59 Å². The predicted molar refractivity (Wildman–Crippen MR) is 56.6 cm³/mol. The fourth-order valence-electron chi connectivity index (χ4n) is 1.96. The molecule has 1 aromatic heterocycles. The van der Waals surface area contributed by atoms with Gasteiger partial charge in [0.05, 0.1) is 0 Å². The average molecular weight is 212 g/mol. The summed E-state index contributed by atoms with van der Waals surface area (Å²) in [4.78, 5) is 31.0. The number of aromatic amines is 1. The molecule has 0 spiro atoms. The summed E-state index contributed by atoms with van der Waals surface area (Å²) in [5.74, 6) is 0.236. The minimum atomic E-state index is -0.186. The van der Waals surface area contributed by atoms with Crippen LogP contribution in [0.1, 0.15) is 37.9 Å². The van der Waals surface area contributed by atoms with Gasteiger partial charge in [-0.1, -0.05) is 24.3 Å². The summed E-state index contributed by atoms with van der Waals surface area (Å²) in [5.41, 5.74) is 1.43. The summed E-state index contributed by atoms with van der Waals surface area (Å²) in [6.07, 6.45) is 0. The number of carbonyl (C=O) groups excluding carboxylic acids is 2. The third kappa shape index (κ3) is 1.01. The van der Waals surface area contributed by atoms with Crippen molar-refractivity contribution in [2.45, 2.75) is 6.92 Å². The molecule has 0 unspecified atom stereocenters. The van der Waals surface area contributed by atoms with Gasteiger partial charge in [-0.3, -0.25) is 9.59 Å². The third-order valence-electron chi connectivity index (χ3n) is 2.68. The Bertz CT molecular complexity index is 573. The van der Waals surface area contributed by atoms with Crippen molar-refractivity contribution in [3.63, 3.8) is 0 Å². The van der Waals surface area contributed by atoms with Crippen LogP contribution >= 0.6 is 0 Å². The van der Waals surface area contributed by atoms with Crippen LogP contribution in [0.25, 0.3) is 0 Å². The minimum absolute atomic E-state index is 0.161. The zero-order valence-electron chi connectivity index (χ0n) is 8.57. The van der Waals surface area contributed by atoms with Crippen LogP contribution in [0.15, 0.2) is 24.3 Å². The molecule has 0 bridgehead atoms. The number of hydrogen-bond donors (Lipinski definition) is 1. The fourth-order valence-corrected chi connectivity index (χ4v) is 1.96. The Morgan fingerprint density at radius 3 is 2.38 bits per heavy atom. The molecule has 1 aromatic carbocycles. The van der Waals surface area contributed by atoms with Crippen molar-refractivity contribution in [2.75, 3.05) is 0 Å². The molecule has 4 nitrogen and oxygen atoms in total. The number of imidazole rings is 1. The monoisotopic (exact) mass is 212 g/mol. The molecule has 1 aliphatic carbocycles. The van der Waals surface area contributed by atoms with E-state index < -0.39 is 0 Å². The number of hydrogen-bond acceptors (Lipinski definition) is 3.